The molecule has 0 saturated carbocycles. The predicted molar refractivity (Wildman–Crippen MR) is 127 cm³/mol. The van der Waals surface area contributed by atoms with E-state index in [1.807, 2.05) is 30.9 Å². The Morgan fingerprint density at radius 3 is 2.29 bits per heavy atom. The maximum Gasteiger partial charge on any atom is 0.409 e. The maximum atomic E-state index is 13.4. The smallest absolute Gasteiger partial charge is 0.409 e. The van der Waals surface area contributed by atoms with Crippen molar-refractivity contribution in [2.45, 2.75) is 46.0 Å². The van der Waals surface area contributed by atoms with Crippen molar-refractivity contribution in [2.24, 2.45) is 0 Å². The Bertz CT molecular complexity index is 1070. The maximum absolute atomic E-state index is 13.4. The van der Waals surface area contributed by atoms with Crippen LogP contribution in [-0.2, 0) is 16.0 Å². The highest BCUT2D eigenvalue weighted by Crippen LogP contribution is 2.30. The molecule has 4 rings (SSSR count). The number of carbonyl (C=O) groups is 3. The molecule has 0 radical (unpaired) electrons. The lowest BCUT2D eigenvalue weighted by molar-refractivity contribution is -0.131. The van der Waals surface area contributed by atoms with Crippen LogP contribution in [0.15, 0.2) is 22.7 Å². The fourth-order valence-corrected chi connectivity index (χ4v) is 4.71. The Hall–Kier alpha value is -3.43. The Labute approximate surface area is 205 Å². The van der Waals surface area contributed by atoms with Crippen molar-refractivity contribution < 1.29 is 23.6 Å². The van der Waals surface area contributed by atoms with Gasteiger partial charge in [0.2, 0.25) is 5.91 Å². The van der Waals surface area contributed by atoms with Gasteiger partial charge < -0.3 is 24.0 Å². The number of aryl methyl sites for hydroxylation is 2. The SMILES string of the molecule is CCOC(=O)N1CCN(C(=O)c2ccc(C)nc2C2CCN(C(=O)Cc3cc(C)no3)CC2)CC1. The van der Waals surface area contributed by atoms with Crippen LogP contribution in [0.2, 0.25) is 0 Å². The largest absolute Gasteiger partial charge is 0.450 e. The molecule has 2 fully saturated rings. The zero-order chi connectivity index (χ0) is 24.9. The summed E-state index contributed by atoms with van der Waals surface area (Å²) < 4.78 is 10.3. The molecule has 2 saturated heterocycles. The molecule has 0 unspecified atom stereocenters. The minimum absolute atomic E-state index is 0.0209. The summed E-state index contributed by atoms with van der Waals surface area (Å²) in [6, 6.07) is 5.51. The van der Waals surface area contributed by atoms with Gasteiger partial charge in [-0.05, 0) is 45.7 Å². The van der Waals surface area contributed by atoms with Crippen LogP contribution in [0.25, 0.3) is 0 Å². The van der Waals surface area contributed by atoms with Gasteiger partial charge in [-0.1, -0.05) is 5.16 Å². The second-order valence-electron chi connectivity index (χ2n) is 9.13. The van der Waals surface area contributed by atoms with Crippen molar-refractivity contribution in [3.05, 3.63) is 46.6 Å². The highest BCUT2D eigenvalue weighted by molar-refractivity contribution is 5.95. The highest BCUT2D eigenvalue weighted by atomic mass is 16.6. The lowest BCUT2D eigenvalue weighted by Crippen LogP contribution is -2.51. The van der Waals surface area contributed by atoms with E-state index in [9.17, 15) is 14.4 Å². The van der Waals surface area contributed by atoms with E-state index < -0.39 is 0 Å². The van der Waals surface area contributed by atoms with Gasteiger partial charge in [-0.25, -0.2) is 4.79 Å². The van der Waals surface area contributed by atoms with Crippen molar-refractivity contribution in [2.75, 3.05) is 45.9 Å². The Morgan fingerprint density at radius 1 is 0.971 bits per heavy atom. The Morgan fingerprint density at radius 2 is 1.66 bits per heavy atom. The highest BCUT2D eigenvalue weighted by Gasteiger charge is 2.31. The van der Waals surface area contributed by atoms with E-state index in [0.717, 1.165) is 29.9 Å². The molecule has 0 spiro atoms. The number of likely N-dealkylation sites (tertiary alicyclic amines) is 1. The number of hydrogen-bond donors (Lipinski definition) is 0. The van der Waals surface area contributed by atoms with Gasteiger partial charge in [0.15, 0.2) is 0 Å². The number of hydrogen-bond acceptors (Lipinski definition) is 7. The summed E-state index contributed by atoms with van der Waals surface area (Å²) in [5.74, 6) is 0.639. The number of ether oxygens (including phenoxy) is 1. The van der Waals surface area contributed by atoms with Crippen LogP contribution in [0.4, 0.5) is 4.79 Å². The molecule has 2 aromatic rings. The normalized spacial score (nSPS) is 16.9. The quantitative estimate of drug-likeness (QED) is 0.643. The molecule has 188 valence electrons. The van der Waals surface area contributed by atoms with Crippen molar-refractivity contribution in [1.29, 1.82) is 0 Å². The first kappa shape index (κ1) is 24.7. The van der Waals surface area contributed by atoms with E-state index in [1.165, 1.54) is 0 Å². The zero-order valence-electron chi connectivity index (χ0n) is 20.7. The fraction of sp³-hybridized carbons (Fsp3) is 0.560. The monoisotopic (exact) mass is 483 g/mol. The first-order valence-electron chi connectivity index (χ1n) is 12.2. The lowest BCUT2D eigenvalue weighted by atomic mass is 9.89. The lowest BCUT2D eigenvalue weighted by Gasteiger charge is -2.35. The second kappa shape index (κ2) is 10.9. The van der Waals surface area contributed by atoms with Gasteiger partial charge in [0.25, 0.3) is 5.91 Å². The number of carbonyl (C=O) groups excluding carboxylic acids is 3. The number of aromatic nitrogens is 2. The molecular weight excluding hydrogens is 450 g/mol. The zero-order valence-corrected chi connectivity index (χ0v) is 20.7. The van der Waals surface area contributed by atoms with Crippen LogP contribution >= 0.6 is 0 Å². The van der Waals surface area contributed by atoms with Gasteiger partial charge in [-0.2, -0.15) is 0 Å². The van der Waals surface area contributed by atoms with E-state index in [4.69, 9.17) is 14.2 Å². The van der Waals surface area contributed by atoms with Crippen molar-refractivity contribution in [3.8, 4) is 0 Å². The van der Waals surface area contributed by atoms with Gasteiger partial charge in [0.05, 0.1) is 30.0 Å². The predicted octanol–water partition coefficient (Wildman–Crippen LogP) is 2.55. The molecule has 0 N–H and O–H groups in total. The number of pyridine rings is 1. The molecule has 2 aliphatic heterocycles. The molecule has 2 aliphatic rings. The van der Waals surface area contributed by atoms with E-state index in [1.54, 1.807) is 22.8 Å². The summed E-state index contributed by atoms with van der Waals surface area (Å²) in [4.78, 5) is 48.1. The summed E-state index contributed by atoms with van der Waals surface area (Å²) in [5, 5.41) is 3.84. The molecule has 10 nitrogen and oxygen atoms in total. The van der Waals surface area contributed by atoms with Crippen LogP contribution in [0.1, 0.15) is 58.9 Å². The Kier molecular flexibility index (Phi) is 7.67. The Balaban J connectivity index is 1.39. The summed E-state index contributed by atoms with van der Waals surface area (Å²) in [6.45, 7) is 8.90. The van der Waals surface area contributed by atoms with E-state index >= 15 is 0 Å². The first-order valence-corrected chi connectivity index (χ1v) is 12.2. The molecule has 0 bridgehead atoms. The minimum atomic E-state index is -0.336. The van der Waals surface area contributed by atoms with E-state index in [-0.39, 0.29) is 30.2 Å². The third kappa shape index (κ3) is 5.80. The van der Waals surface area contributed by atoms with Crippen molar-refractivity contribution >= 4 is 17.9 Å². The van der Waals surface area contributed by atoms with Crippen LogP contribution in [0, 0.1) is 13.8 Å². The molecule has 3 amide bonds. The van der Waals surface area contributed by atoms with Gasteiger partial charge in [-0.15, -0.1) is 0 Å². The van der Waals surface area contributed by atoms with Crippen LogP contribution in [-0.4, -0.2) is 88.6 Å². The molecule has 2 aromatic heterocycles. The van der Waals surface area contributed by atoms with E-state index in [2.05, 4.69) is 5.16 Å². The number of piperidine rings is 1. The summed E-state index contributed by atoms with van der Waals surface area (Å²) in [6.07, 6.45) is 1.36. The average Bonchev–Trinajstić information content (AvgIpc) is 3.28. The third-order valence-electron chi connectivity index (χ3n) is 6.62. The standard InChI is InChI=1S/C25H33N5O5/c1-4-34-25(33)30-13-11-29(12-14-30)24(32)21-6-5-17(2)26-23(21)19-7-9-28(10-8-19)22(31)16-20-15-18(3)27-35-20/h5-6,15,19H,4,7-14,16H2,1-3H3. The summed E-state index contributed by atoms with van der Waals surface area (Å²) >= 11 is 0. The van der Waals surface area contributed by atoms with Gasteiger partial charge in [-0.3, -0.25) is 14.6 Å². The summed E-state index contributed by atoms with van der Waals surface area (Å²) in [7, 11) is 0. The molecule has 4 heterocycles. The molecule has 0 atom stereocenters. The minimum Gasteiger partial charge on any atom is -0.450 e. The average molecular weight is 484 g/mol. The number of piperazine rings is 1. The van der Waals surface area contributed by atoms with E-state index in [0.29, 0.717) is 57.2 Å². The van der Waals surface area contributed by atoms with Gasteiger partial charge >= 0.3 is 6.09 Å². The molecule has 35 heavy (non-hydrogen) atoms. The molecule has 0 aromatic carbocycles. The molecular formula is C25H33N5O5. The van der Waals surface area contributed by atoms with Crippen molar-refractivity contribution in [3.63, 3.8) is 0 Å². The number of nitrogens with zero attached hydrogens (tertiary/aromatic N) is 5. The van der Waals surface area contributed by atoms with Crippen molar-refractivity contribution in [1.82, 2.24) is 24.8 Å². The van der Waals surface area contributed by atoms with Crippen LogP contribution in [0.3, 0.4) is 0 Å². The second-order valence-corrected chi connectivity index (χ2v) is 9.13. The third-order valence-corrected chi connectivity index (χ3v) is 6.62. The molecule has 10 heteroatoms. The van der Waals surface area contributed by atoms with Crippen LogP contribution < -0.4 is 0 Å². The number of amides is 3. The fourth-order valence-electron chi connectivity index (χ4n) is 4.71. The van der Waals surface area contributed by atoms with Gasteiger partial charge in [0, 0.05) is 56.9 Å². The van der Waals surface area contributed by atoms with Crippen LogP contribution in [0.5, 0.6) is 0 Å². The summed E-state index contributed by atoms with van der Waals surface area (Å²) in [5.41, 5.74) is 3.04. The van der Waals surface area contributed by atoms with Gasteiger partial charge in [0.1, 0.15) is 5.76 Å². The number of rotatable bonds is 5. The topological polar surface area (TPSA) is 109 Å². The molecule has 0 aliphatic carbocycles. The first-order chi connectivity index (χ1) is 16.9.